The van der Waals surface area contributed by atoms with Gasteiger partial charge in [-0.25, -0.2) is 0 Å². The van der Waals surface area contributed by atoms with Gasteiger partial charge in [-0.3, -0.25) is 0 Å². The van der Waals surface area contributed by atoms with Crippen LogP contribution in [0.2, 0.25) is 0 Å². The second kappa shape index (κ2) is 5.62. The molecule has 1 aliphatic heterocycles. The molecule has 2 atom stereocenters. The van der Waals surface area contributed by atoms with Crippen LogP contribution in [0.5, 0.6) is 0 Å². The number of nitrogens with two attached hydrogens (primary N) is 1. The first-order valence-corrected chi connectivity index (χ1v) is 7.61. The van der Waals surface area contributed by atoms with Crippen LogP contribution in [0.4, 0.5) is 5.69 Å². The zero-order valence-corrected chi connectivity index (χ0v) is 13.1. The molecule has 0 saturated carbocycles. The summed E-state index contributed by atoms with van der Waals surface area (Å²) in [6, 6.07) is 7.29. The molecule has 2 nitrogen and oxygen atoms in total. The van der Waals surface area contributed by atoms with Gasteiger partial charge in [-0.15, -0.1) is 0 Å². The Morgan fingerprint density at radius 1 is 1.33 bits per heavy atom. The van der Waals surface area contributed by atoms with E-state index in [1.165, 1.54) is 35.1 Å². The van der Waals surface area contributed by atoms with Crippen molar-refractivity contribution in [2.45, 2.75) is 45.7 Å². The number of hydrogen-bond donors (Lipinski definition) is 1. The van der Waals surface area contributed by atoms with Crippen molar-refractivity contribution in [1.29, 1.82) is 0 Å². The van der Waals surface area contributed by atoms with Crippen molar-refractivity contribution >= 4 is 21.6 Å². The normalized spacial score (nSPS) is 21.7. The van der Waals surface area contributed by atoms with E-state index in [-0.39, 0.29) is 6.04 Å². The summed E-state index contributed by atoms with van der Waals surface area (Å²) in [4.78, 5) is 2.54. The van der Waals surface area contributed by atoms with Gasteiger partial charge in [0.05, 0.1) is 5.69 Å². The third-order valence-corrected chi connectivity index (χ3v) is 4.51. The molecule has 100 valence electrons. The Morgan fingerprint density at radius 2 is 2.06 bits per heavy atom. The molecule has 0 aromatic heterocycles. The lowest BCUT2D eigenvalue weighted by Gasteiger charge is -2.31. The molecule has 1 aliphatic rings. The van der Waals surface area contributed by atoms with Crippen molar-refractivity contribution < 1.29 is 0 Å². The predicted molar refractivity (Wildman–Crippen MR) is 82.0 cm³/mol. The molecule has 1 fully saturated rings. The maximum atomic E-state index is 5.93. The van der Waals surface area contributed by atoms with Gasteiger partial charge in [0, 0.05) is 23.1 Å². The van der Waals surface area contributed by atoms with Gasteiger partial charge in [-0.2, -0.15) is 0 Å². The molecule has 1 aromatic rings. The van der Waals surface area contributed by atoms with Gasteiger partial charge >= 0.3 is 0 Å². The van der Waals surface area contributed by atoms with E-state index in [1.54, 1.807) is 0 Å². The molecule has 0 amide bonds. The lowest BCUT2D eigenvalue weighted by atomic mass is 10.0. The van der Waals surface area contributed by atoms with Crippen molar-refractivity contribution in [3.8, 4) is 0 Å². The molecule has 1 heterocycles. The summed E-state index contributed by atoms with van der Waals surface area (Å²) in [6.07, 6.45) is 2.60. The summed E-state index contributed by atoms with van der Waals surface area (Å²) in [5.74, 6) is 0.701. The van der Waals surface area contributed by atoms with Gasteiger partial charge in [0.2, 0.25) is 0 Å². The van der Waals surface area contributed by atoms with E-state index in [1.807, 2.05) is 6.92 Å². The molecule has 3 heteroatoms. The third-order valence-electron chi connectivity index (χ3n) is 3.88. The summed E-state index contributed by atoms with van der Waals surface area (Å²) in [7, 11) is 0. The first-order valence-electron chi connectivity index (χ1n) is 6.82. The molecule has 2 unspecified atom stereocenters. The fourth-order valence-electron chi connectivity index (χ4n) is 2.82. The lowest BCUT2D eigenvalue weighted by molar-refractivity contribution is 0.491. The van der Waals surface area contributed by atoms with E-state index in [9.17, 15) is 0 Å². The smallest absolute Gasteiger partial charge is 0.0513 e. The minimum Gasteiger partial charge on any atom is -0.367 e. The van der Waals surface area contributed by atoms with E-state index in [0.717, 1.165) is 0 Å². The Bertz CT molecular complexity index is 415. The summed E-state index contributed by atoms with van der Waals surface area (Å²) >= 11 is 3.70. The molecule has 0 radical (unpaired) electrons. The molecule has 2 N–H and O–H groups in total. The molecule has 0 aliphatic carbocycles. The number of rotatable bonds is 3. The van der Waals surface area contributed by atoms with E-state index < -0.39 is 0 Å². The van der Waals surface area contributed by atoms with Crippen LogP contribution >= 0.6 is 15.9 Å². The monoisotopic (exact) mass is 310 g/mol. The summed E-state index contributed by atoms with van der Waals surface area (Å²) in [6.45, 7) is 7.81. The highest BCUT2D eigenvalue weighted by atomic mass is 79.9. The van der Waals surface area contributed by atoms with Gasteiger partial charge in [0.1, 0.15) is 0 Å². The number of halogens is 1. The Hall–Kier alpha value is -0.540. The zero-order valence-electron chi connectivity index (χ0n) is 11.5. The van der Waals surface area contributed by atoms with Crippen LogP contribution in [0.1, 0.15) is 45.2 Å². The molecule has 2 rings (SSSR count). The third kappa shape index (κ3) is 2.72. The van der Waals surface area contributed by atoms with Crippen LogP contribution in [0.25, 0.3) is 0 Å². The van der Waals surface area contributed by atoms with Crippen molar-refractivity contribution in [3.05, 3.63) is 28.2 Å². The minimum atomic E-state index is 0.0924. The molecule has 1 saturated heterocycles. The zero-order chi connectivity index (χ0) is 13.3. The topological polar surface area (TPSA) is 29.3 Å². The number of nitrogens with zero attached hydrogens (tertiary/aromatic N) is 1. The summed E-state index contributed by atoms with van der Waals surface area (Å²) < 4.78 is 1.17. The highest BCUT2D eigenvalue weighted by molar-refractivity contribution is 9.10. The highest BCUT2D eigenvalue weighted by Gasteiger charge is 2.28. The van der Waals surface area contributed by atoms with Gasteiger partial charge in [0.25, 0.3) is 0 Å². The number of anilines is 1. The van der Waals surface area contributed by atoms with E-state index in [0.29, 0.717) is 12.0 Å². The van der Waals surface area contributed by atoms with E-state index >= 15 is 0 Å². The fraction of sp³-hybridized carbons (Fsp3) is 0.600. The standard InChI is InChI=1S/C15H23BrN2/c1-10(2)14-5-4-8-18(14)15-7-6-12(11(3)17)9-13(15)16/h6-7,9-11,14H,4-5,8,17H2,1-3H3. The number of hydrogen-bond acceptors (Lipinski definition) is 2. The van der Waals surface area contributed by atoms with Crippen molar-refractivity contribution in [1.82, 2.24) is 0 Å². The van der Waals surface area contributed by atoms with Crippen LogP contribution in [-0.4, -0.2) is 12.6 Å². The largest absolute Gasteiger partial charge is 0.367 e. The maximum absolute atomic E-state index is 5.93. The van der Waals surface area contributed by atoms with Gasteiger partial charge in [-0.1, -0.05) is 19.9 Å². The lowest BCUT2D eigenvalue weighted by Crippen LogP contribution is -2.33. The molecule has 18 heavy (non-hydrogen) atoms. The highest BCUT2D eigenvalue weighted by Crippen LogP contribution is 2.35. The molecule has 0 spiro atoms. The van der Waals surface area contributed by atoms with Crippen LogP contribution in [0, 0.1) is 5.92 Å². The molecular formula is C15H23BrN2. The molecule has 1 aromatic carbocycles. The van der Waals surface area contributed by atoms with Crippen molar-refractivity contribution in [3.63, 3.8) is 0 Å². The summed E-state index contributed by atoms with van der Waals surface area (Å²) in [5.41, 5.74) is 8.43. The van der Waals surface area contributed by atoms with Gasteiger partial charge < -0.3 is 10.6 Å². The predicted octanol–water partition coefficient (Wildman–Crippen LogP) is 4.09. The second-order valence-electron chi connectivity index (χ2n) is 5.65. The summed E-state index contributed by atoms with van der Waals surface area (Å²) in [5, 5.41) is 0. The maximum Gasteiger partial charge on any atom is 0.0513 e. The molecule has 0 bridgehead atoms. The average molecular weight is 311 g/mol. The first kappa shape index (κ1) is 13.9. The minimum absolute atomic E-state index is 0.0924. The second-order valence-corrected chi connectivity index (χ2v) is 6.50. The Kier molecular flexibility index (Phi) is 4.33. The van der Waals surface area contributed by atoms with E-state index in [2.05, 4.69) is 52.9 Å². The number of benzene rings is 1. The SMILES string of the molecule is CC(N)c1ccc(N2CCCC2C(C)C)c(Br)c1. The molecular weight excluding hydrogens is 288 g/mol. The quantitative estimate of drug-likeness (QED) is 0.911. The average Bonchev–Trinajstić information content (AvgIpc) is 2.77. The van der Waals surface area contributed by atoms with Gasteiger partial charge in [0.15, 0.2) is 0 Å². The Morgan fingerprint density at radius 3 is 2.61 bits per heavy atom. The van der Waals surface area contributed by atoms with Crippen LogP contribution in [-0.2, 0) is 0 Å². The van der Waals surface area contributed by atoms with Crippen molar-refractivity contribution in [2.75, 3.05) is 11.4 Å². The van der Waals surface area contributed by atoms with Crippen LogP contribution < -0.4 is 10.6 Å². The van der Waals surface area contributed by atoms with Crippen LogP contribution in [0.15, 0.2) is 22.7 Å². The van der Waals surface area contributed by atoms with Gasteiger partial charge in [-0.05, 0) is 59.3 Å². The Labute approximate surface area is 119 Å². The van der Waals surface area contributed by atoms with Crippen molar-refractivity contribution in [2.24, 2.45) is 11.7 Å². The van der Waals surface area contributed by atoms with Crippen LogP contribution in [0.3, 0.4) is 0 Å². The Balaban J connectivity index is 2.28. The van der Waals surface area contributed by atoms with E-state index in [4.69, 9.17) is 5.73 Å². The fourth-order valence-corrected chi connectivity index (χ4v) is 3.45. The first-order chi connectivity index (χ1) is 8.50.